The topological polar surface area (TPSA) is 75.4 Å². The van der Waals surface area contributed by atoms with Crippen molar-refractivity contribution < 1.29 is 26.7 Å². The molecule has 1 aliphatic heterocycles. The summed E-state index contributed by atoms with van der Waals surface area (Å²) >= 11 is 0. The Bertz CT molecular complexity index is 1670. The van der Waals surface area contributed by atoms with Crippen LogP contribution < -0.4 is 0 Å². The number of imidazole rings is 1. The molecule has 0 radical (unpaired) electrons. The molecule has 0 saturated carbocycles. The number of benzene rings is 3. The maximum atomic E-state index is 13.9. The van der Waals surface area contributed by atoms with Crippen molar-refractivity contribution >= 4 is 10.0 Å². The van der Waals surface area contributed by atoms with Crippen molar-refractivity contribution in [1.29, 1.82) is 0 Å². The Balaban J connectivity index is 1.56. The van der Waals surface area contributed by atoms with E-state index in [4.69, 9.17) is 0 Å². The van der Waals surface area contributed by atoms with Crippen molar-refractivity contribution in [3.8, 4) is 28.2 Å². The average molecular weight is 584 g/mol. The lowest BCUT2D eigenvalue weighted by atomic mass is 10.0. The van der Waals surface area contributed by atoms with Gasteiger partial charge >= 0.3 is 6.18 Å². The number of rotatable bonds is 6. The highest BCUT2D eigenvalue weighted by Crippen LogP contribution is 2.38. The number of aryl methyl sites for hydroxylation is 1. The first kappa shape index (κ1) is 29.0. The normalized spacial score (nSPS) is 15.3. The first-order valence-electron chi connectivity index (χ1n) is 13.5. The quantitative estimate of drug-likeness (QED) is 0.267. The number of aliphatic hydroxyl groups is 1. The summed E-state index contributed by atoms with van der Waals surface area (Å²) in [4.78, 5) is 4.66. The fourth-order valence-corrected chi connectivity index (χ4v) is 6.66. The van der Waals surface area contributed by atoms with Gasteiger partial charge in [-0.1, -0.05) is 42.8 Å². The predicted molar refractivity (Wildman–Crippen MR) is 152 cm³/mol. The van der Waals surface area contributed by atoms with Crippen LogP contribution in [0.5, 0.6) is 0 Å². The molecule has 3 aromatic carbocycles. The second kappa shape index (κ2) is 10.7. The summed E-state index contributed by atoms with van der Waals surface area (Å²) in [5.74, 6) is 0.0496. The average Bonchev–Trinajstić information content (AvgIpc) is 3.40. The van der Waals surface area contributed by atoms with E-state index in [0.29, 0.717) is 18.8 Å². The van der Waals surface area contributed by atoms with Crippen LogP contribution in [0.3, 0.4) is 0 Å². The van der Waals surface area contributed by atoms with Crippen LogP contribution in [0.2, 0.25) is 0 Å². The van der Waals surface area contributed by atoms with E-state index < -0.39 is 27.4 Å². The van der Waals surface area contributed by atoms with Crippen LogP contribution in [-0.4, -0.2) is 40.5 Å². The smallest absolute Gasteiger partial charge is 0.384 e. The highest BCUT2D eigenvalue weighted by Gasteiger charge is 2.35. The summed E-state index contributed by atoms with van der Waals surface area (Å²) in [6, 6.07) is 17.4. The van der Waals surface area contributed by atoms with Crippen LogP contribution in [-0.2, 0) is 21.8 Å². The number of hydrogen-bond donors (Lipinski definition) is 1. The minimum Gasteiger partial charge on any atom is -0.384 e. The molecule has 1 N–H and O–H groups in total. The minimum absolute atomic E-state index is 0.0496. The number of hydrogen-bond acceptors (Lipinski definition) is 4. The Morgan fingerprint density at radius 1 is 0.878 bits per heavy atom. The van der Waals surface area contributed by atoms with Crippen molar-refractivity contribution in [2.75, 3.05) is 13.1 Å². The Hall–Kier alpha value is -3.47. The highest BCUT2D eigenvalue weighted by molar-refractivity contribution is 7.89. The zero-order valence-corrected chi connectivity index (χ0v) is 23.9. The van der Waals surface area contributed by atoms with Gasteiger partial charge in [-0.3, -0.25) is 4.57 Å². The summed E-state index contributed by atoms with van der Waals surface area (Å²) in [7, 11) is -3.62. The monoisotopic (exact) mass is 583 g/mol. The third-order valence-corrected chi connectivity index (χ3v) is 9.32. The van der Waals surface area contributed by atoms with Crippen LogP contribution in [0.4, 0.5) is 13.2 Å². The van der Waals surface area contributed by atoms with E-state index in [1.165, 1.54) is 47.1 Å². The van der Waals surface area contributed by atoms with Gasteiger partial charge in [0, 0.05) is 30.5 Å². The maximum absolute atomic E-state index is 13.9. The molecule has 0 bridgehead atoms. The van der Waals surface area contributed by atoms with Crippen molar-refractivity contribution in [3.05, 3.63) is 89.7 Å². The Morgan fingerprint density at radius 2 is 1.54 bits per heavy atom. The molecule has 0 spiro atoms. The van der Waals surface area contributed by atoms with Gasteiger partial charge in [-0.15, -0.1) is 0 Å². The first-order chi connectivity index (χ1) is 19.3. The van der Waals surface area contributed by atoms with Crippen molar-refractivity contribution in [1.82, 2.24) is 13.9 Å². The van der Waals surface area contributed by atoms with Crippen LogP contribution in [0.1, 0.15) is 49.9 Å². The van der Waals surface area contributed by atoms with Gasteiger partial charge < -0.3 is 5.11 Å². The van der Waals surface area contributed by atoms with E-state index in [-0.39, 0.29) is 22.0 Å². The molecule has 5 rings (SSSR count). The molecule has 6 nitrogen and oxygen atoms in total. The molecule has 216 valence electrons. The summed E-state index contributed by atoms with van der Waals surface area (Å²) in [6.07, 6.45) is -0.344. The van der Waals surface area contributed by atoms with Crippen LogP contribution in [0.15, 0.2) is 77.8 Å². The van der Waals surface area contributed by atoms with Crippen LogP contribution >= 0.6 is 0 Å². The fraction of sp³-hybridized carbons (Fsp3) is 0.323. The maximum Gasteiger partial charge on any atom is 0.417 e. The number of piperidine rings is 1. The van der Waals surface area contributed by atoms with E-state index in [2.05, 4.69) is 4.98 Å². The number of aromatic nitrogens is 2. The van der Waals surface area contributed by atoms with Gasteiger partial charge in [-0.05, 0) is 80.6 Å². The molecule has 0 unspecified atom stereocenters. The molecule has 2 heterocycles. The van der Waals surface area contributed by atoms with Gasteiger partial charge in [0.25, 0.3) is 0 Å². The third-order valence-electron chi connectivity index (χ3n) is 7.42. The van der Waals surface area contributed by atoms with E-state index in [1.807, 2.05) is 6.92 Å². The molecule has 0 aliphatic carbocycles. The van der Waals surface area contributed by atoms with E-state index in [0.717, 1.165) is 42.0 Å². The fourth-order valence-electron chi connectivity index (χ4n) is 5.12. The number of nitrogens with zero attached hydrogens (tertiary/aromatic N) is 3. The lowest BCUT2D eigenvalue weighted by molar-refractivity contribution is -0.137. The molecule has 0 amide bonds. The van der Waals surface area contributed by atoms with Crippen LogP contribution in [0.25, 0.3) is 28.2 Å². The minimum atomic E-state index is -4.59. The lowest BCUT2D eigenvalue weighted by Gasteiger charge is -2.26. The van der Waals surface area contributed by atoms with Gasteiger partial charge in [-0.2, -0.15) is 17.5 Å². The molecule has 1 saturated heterocycles. The van der Waals surface area contributed by atoms with Gasteiger partial charge in [0.1, 0.15) is 11.4 Å². The summed E-state index contributed by atoms with van der Waals surface area (Å²) in [5.41, 5.74) is 0.853. The second-order valence-electron chi connectivity index (χ2n) is 10.9. The predicted octanol–water partition coefficient (Wildman–Crippen LogP) is 6.94. The standard InChI is InChI=1S/C31H32F3N3O3S/c1-21-11-16-24(41(39,40)36-17-7-4-8-18-36)19-26(21)22-12-14-23(15-13-22)37-20-28(30(2,3)38)35-29(37)25-9-5-6-10-27(25)31(32,33)34/h5-6,9-16,19-20,38H,4,7-8,17-18H2,1-3H3. The van der Waals surface area contributed by atoms with Gasteiger partial charge in [-0.25, -0.2) is 13.4 Å². The molecule has 1 fully saturated rings. The summed E-state index contributed by atoms with van der Waals surface area (Å²) in [5, 5.41) is 10.6. The Morgan fingerprint density at radius 3 is 2.17 bits per heavy atom. The molecular weight excluding hydrogens is 551 g/mol. The SMILES string of the molecule is Cc1ccc(S(=O)(=O)N2CCCCC2)cc1-c1ccc(-n2cc(C(C)(C)O)nc2-c2ccccc2C(F)(F)F)cc1. The molecular formula is C31H32F3N3O3S. The largest absolute Gasteiger partial charge is 0.417 e. The van der Waals surface area contributed by atoms with Gasteiger partial charge in [0.15, 0.2) is 0 Å². The zero-order chi connectivity index (χ0) is 29.6. The van der Waals surface area contributed by atoms with Crippen molar-refractivity contribution in [3.63, 3.8) is 0 Å². The summed E-state index contributed by atoms with van der Waals surface area (Å²) < 4.78 is 71.3. The second-order valence-corrected chi connectivity index (χ2v) is 12.8. The zero-order valence-electron chi connectivity index (χ0n) is 23.1. The molecule has 41 heavy (non-hydrogen) atoms. The highest BCUT2D eigenvalue weighted by atomic mass is 32.2. The lowest BCUT2D eigenvalue weighted by Crippen LogP contribution is -2.35. The Labute approximate surface area is 238 Å². The van der Waals surface area contributed by atoms with Crippen molar-refractivity contribution in [2.24, 2.45) is 0 Å². The molecule has 1 aliphatic rings. The number of sulfonamides is 1. The number of alkyl halides is 3. The van der Waals surface area contributed by atoms with Gasteiger partial charge in [0.2, 0.25) is 10.0 Å². The van der Waals surface area contributed by atoms with Crippen molar-refractivity contribution in [2.45, 2.75) is 56.7 Å². The van der Waals surface area contributed by atoms with Gasteiger partial charge in [0.05, 0.1) is 16.2 Å². The van der Waals surface area contributed by atoms with E-state index in [9.17, 15) is 26.7 Å². The summed E-state index contributed by atoms with van der Waals surface area (Å²) in [6.45, 7) is 5.97. The molecule has 10 heteroatoms. The molecule has 4 aromatic rings. The van der Waals surface area contributed by atoms with E-state index in [1.54, 1.807) is 42.5 Å². The Kier molecular flexibility index (Phi) is 7.61. The molecule has 0 atom stereocenters. The third kappa shape index (κ3) is 5.82. The van der Waals surface area contributed by atoms with Crippen LogP contribution in [0, 0.1) is 6.92 Å². The number of halogens is 3. The molecule has 1 aromatic heterocycles. The first-order valence-corrected chi connectivity index (χ1v) is 14.9. The van der Waals surface area contributed by atoms with E-state index >= 15 is 0 Å².